The number of sulfonamides is 1. The maximum absolute atomic E-state index is 13.4. The van der Waals surface area contributed by atoms with E-state index in [1.54, 1.807) is 5.38 Å². The van der Waals surface area contributed by atoms with Crippen molar-refractivity contribution in [2.75, 3.05) is 11.0 Å². The summed E-state index contributed by atoms with van der Waals surface area (Å²) < 4.78 is 55.9. The minimum Gasteiger partial charge on any atom is -0.451 e. The predicted molar refractivity (Wildman–Crippen MR) is 69.2 cm³/mol. The molecular weight excluding hydrogens is 296 g/mol. The molecule has 0 unspecified atom stereocenters. The quantitative estimate of drug-likeness (QED) is 0.944. The van der Waals surface area contributed by atoms with Crippen molar-refractivity contribution >= 4 is 26.4 Å². The van der Waals surface area contributed by atoms with E-state index in [9.17, 15) is 17.2 Å². The fourth-order valence-electron chi connectivity index (χ4n) is 1.30. The summed E-state index contributed by atoms with van der Waals surface area (Å²) in [6, 6.07) is 4.35. The van der Waals surface area contributed by atoms with E-state index in [-0.39, 0.29) is 16.5 Å². The number of hydrogen-bond donors (Lipinski definition) is 1. The molecule has 4 nitrogen and oxygen atoms in total. The average molecular weight is 305 g/mol. The van der Waals surface area contributed by atoms with Crippen molar-refractivity contribution < 1.29 is 21.9 Å². The first-order chi connectivity index (χ1) is 8.85. The third-order valence-corrected chi connectivity index (χ3v) is 3.54. The molecule has 0 aliphatic carbocycles. The molecule has 0 saturated carbocycles. The number of ether oxygens (including phenoxy) is 1. The fourth-order valence-corrected chi connectivity index (χ4v) is 2.93. The van der Waals surface area contributed by atoms with Crippen molar-refractivity contribution in [3.8, 4) is 11.5 Å². The van der Waals surface area contributed by atoms with Crippen molar-refractivity contribution in [1.29, 1.82) is 0 Å². The third-order valence-electron chi connectivity index (χ3n) is 2.02. The smallest absolute Gasteiger partial charge is 0.230 e. The molecule has 0 radical (unpaired) electrons. The highest BCUT2D eigenvalue weighted by Crippen LogP contribution is 2.36. The van der Waals surface area contributed by atoms with Gasteiger partial charge in [0.15, 0.2) is 17.3 Å². The number of rotatable bonds is 4. The van der Waals surface area contributed by atoms with Gasteiger partial charge in [-0.3, -0.25) is 4.72 Å². The van der Waals surface area contributed by atoms with Gasteiger partial charge in [-0.2, -0.15) is 0 Å². The Morgan fingerprint density at radius 3 is 2.58 bits per heavy atom. The van der Waals surface area contributed by atoms with Crippen LogP contribution >= 0.6 is 11.3 Å². The maximum atomic E-state index is 13.4. The van der Waals surface area contributed by atoms with Gasteiger partial charge in [-0.15, -0.1) is 11.3 Å². The first kappa shape index (κ1) is 13.8. The van der Waals surface area contributed by atoms with E-state index in [1.807, 2.05) is 0 Å². The molecule has 0 spiro atoms. The Kier molecular flexibility index (Phi) is 3.72. The molecule has 0 aliphatic heterocycles. The molecule has 0 saturated heterocycles. The van der Waals surface area contributed by atoms with E-state index < -0.39 is 21.7 Å². The van der Waals surface area contributed by atoms with Crippen LogP contribution in [0, 0.1) is 11.6 Å². The van der Waals surface area contributed by atoms with Gasteiger partial charge in [0, 0.05) is 6.07 Å². The summed E-state index contributed by atoms with van der Waals surface area (Å²) in [4.78, 5) is 0. The molecule has 1 aromatic heterocycles. The van der Waals surface area contributed by atoms with Crippen molar-refractivity contribution in [2.24, 2.45) is 0 Å². The van der Waals surface area contributed by atoms with Crippen molar-refractivity contribution in [2.45, 2.75) is 0 Å². The van der Waals surface area contributed by atoms with Gasteiger partial charge in [-0.05, 0) is 23.6 Å². The standard InChI is InChI=1S/C11H9F2NO3S2/c1-19(15,16)14-11-10(4-5-18-11)17-9-3-2-7(12)6-8(9)13/h2-6,14H,1H3. The van der Waals surface area contributed by atoms with E-state index in [1.165, 1.54) is 6.07 Å². The van der Waals surface area contributed by atoms with Crippen LogP contribution in [0.3, 0.4) is 0 Å². The Bertz CT molecular complexity index is 698. The highest BCUT2D eigenvalue weighted by Gasteiger charge is 2.13. The number of hydrogen-bond acceptors (Lipinski definition) is 4. The van der Waals surface area contributed by atoms with E-state index in [0.29, 0.717) is 6.07 Å². The predicted octanol–water partition coefficient (Wildman–Crippen LogP) is 3.19. The average Bonchev–Trinajstić information content (AvgIpc) is 2.67. The summed E-state index contributed by atoms with van der Waals surface area (Å²) in [6.45, 7) is 0. The molecule has 2 aromatic rings. The van der Waals surface area contributed by atoms with Gasteiger partial charge in [-0.1, -0.05) is 0 Å². The zero-order valence-electron chi connectivity index (χ0n) is 9.68. The minimum absolute atomic E-state index is 0.154. The lowest BCUT2D eigenvalue weighted by atomic mass is 10.3. The monoisotopic (exact) mass is 305 g/mol. The molecule has 19 heavy (non-hydrogen) atoms. The molecule has 1 N–H and O–H groups in total. The molecule has 0 amide bonds. The van der Waals surface area contributed by atoms with Crippen molar-refractivity contribution in [3.63, 3.8) is 0 Å². The summed E-state index contributed by atoms with van der Waals surface area (Å²) in [5.74, 6) is -1.61. The number of halogens is 2. The molecule has 1 aromatic carbocycles. The van der Waals surface area contributed by atoms with Crippen LogP contribution in [-0.2, 0) is 10.0 Å². The number of anilines is 1. The van der Waals surface area contributed by atoms with Crippen LogP contribution in [0.15, 0.2) is 29.6 Å². The molecule has 0 bridgehead atoms. The molecule has 0 fully saturated rings. The number of thiophene rings is 1. The lowest BCUT2D eigenvalue weighted by Gasteiger charge is -2.08. The summed E-state index contributed by atoms with van der Waals surface area (Å²) in [6.07, 6.45) is 0.995. The van der Waals surface area contributed by atoms with Gasteiger partial charge in [0.05, 0.1) is 6.26 Å². The normalized spacial score (nSPS) is 11.3. The Hall–Kier alpha value is -1.67. The van der Waals surface area contributed by atoms with E-state index in [4.69, 9.17) is 4.74 Å². The Balaban J connectivity index is 2.27. The molecule has 8 heteroatoms. The number of nitrogens with one attached hydrogen (secondary N) is 1. The molecule has 0 aliphatic rings. The highest BCUT2D eigenvalue weighted by molar-refractivity contribution is 7.92. The summed E-state index contributed by atoms with van der Waals surface area (Å²) >= 11 is 1.09. The maximum Gasteiger partial charge on any atom is 0.230 e. The summed E-state index contributed by atoms with van der Waals surface area (Å²) in [5, 5.41) is 1.82. The van der Waals surface area contributed by atoms with Crippen LogP contribution < -0.4 is 9.46 Å². The van der Waals surface area contributed by atoms with Crippen LogP contribution in [-0.4, -0.2) is 14.7 Å². The van der Waals surface area contributed by atoms with E-state index in [2.05, 4.69) is 4.72 Å². The number of benzene rings is 1. The first-order valence-electron chi connectivity index (χ1n) is 5.03. The second kappa shape index (κ2) is 5.14. The van der Waals surface area contributed by atoms with Crippen molar-refractivity contribution in [3.05, 3.63) is 41.3 Å². The molecule has 2 rings (SSSR count). The molecule has 0 atom stereocenters. The van der Waals surface area contributed by atoms with Crippen LogP contribution in [0.1, 0.15) is 0 Å². The third kappa shape index (κ3) is 3.65. The molecule has 1 heterocycles. The van der Waals surface area contributed by atoms with Crippen LogP contribution in [0.2, 0.25) is 0 Å². The first-order valence-corrected chi connectivity index (χ1v) is 7.80. The SMILES string of the molecule is CS(=O)(=O)Nc1sccc1Oc1ccc(F)cc1F. The molecule has 102 valence electrons. The van der Waals surface area contributed by atoms with E-state index in [0.717, 1.165) is 29.7 Å². The second-order valence-electron chi connectivity index (χ2n) is 3.67. The van der Waals surface area contributed by atoms with Crippen LogP contribution in [0.4, 0.5) is 13.8 Å². The summed E-state index contributed by atoms with van der Waals surface area (Å²) in [7, 11) is -3.45. The van der Waals surface area contributed by atoms with Gasteiger partial charge >= 0.3 is 0 Å². The largest absolute Gasteiger partial charge is 0.451 e. The Morgan fingerprint density at radius 1 is 1.21 bits per heavy atom. The van der Waals surface area contributed by atoms with Crippen LogP contribution in [0.25, 0.3) is 0 Å². The molecular formula is C11H9F2NO3S2. The summed E-state index contributed by atoms with van der Waals surface area (Å²) in [5.41, 5.74) is 0. The minimum atomic E-state index is -3.45. The lowest BCUT2D eigenvalue weighted by molar-refractivity contribution is 0.440. The zero-order chi connectivity index (χ0) is 14.0. The zero-order valence-corrected chi connectivity index (χ0v) is 11.3. The van der Waals surface area contributed by atoms with Crippen LogP contribution in [0.5, 0.6) is 11.5 Å². The highest BCUT2D eigenvalue weighted by atomic mass is 32.2. The van der Waals surface area contributed by atoms with Gasteiger partial charge in [0.1, 0.15) is 10.8 Å². The topological polar surface area (TPSA) is 55.4 Å². The Morgan fingerprint density at radius 2 is 1.95 bits per heavy atom. The van der Waals surface area contributed by atoms with E-state index >= 15 is 0 Å². The van der Waals surface area contributed by atoms with Gasteiger partial charge in [-0.25, -0.2) is 17.2 Å². The van der Waals surface area contributed by atoms with Crippen molar-refractivity contribution in [1.82, 2.24) is 0 Å². The van der Waals surface area contributed by atoms with Gasteiger partial charge in [0.2, 0.25) is 10.0 Å². The second-order valence-corrected chi connectivity index (χ2v) is 6.33. The fraction of sp³-hybridized carbons (Fsp3) is 0.0909. The Labute approximate surface area is 112 Å². The van der Waals surface area contributed by atoms with Gasteiger partial charge < -0.3 is 4.74 Å². The van der Waals surface area contributed by atoms with Gasteiger partial charge in [0.25, 0.3) is 0 Å². The lowest BCUT2D eigenvalue weighted by Crippen LogP contribution is -2.08.